The van der Waals surface area contributed by atoms with Crippen molar-refractivity contribution < 1.29 is 9.59 Å². The lowest BCUT2D eigenvalue weighted by atomic mass is 10.1. The Kier molecular flexibility index (Phi) is 5.73. The van der Waals surface area contributed by atoms with Crippen LogP contribution in [0.1, 0.15) is 28.9 Å². The van der Waals surface area contributed by atoms with Crippen molar-refractivity contribution in [3.63, 3.8) is 0 Å². The van der Waals surface area contributed by atoms with Crippen molar-refractivity contribution in [3.8, 4) is 0 Å². The second-order valence-electron chi connectivity index (χ2n) is 5.15. The maximum atomic E-state index is 11.9. The number of primary amides is 1. The number of amides is 2. The van der Waals surface area contributed by atoms with Crippen molar-refractivity contribution >= 4 is 29.1 Å². The van der Waals surface area contributed by atoms with Crippen LogP contribution in [-0.4, -0.2) is 18.4 Å². The number of halogens is 1. The Bertz CT molecular complexity index is 701. The monoisotopic (exact) mass is 331 g/mol. The molecule has 0 aromatic heterocycles. The van der Waals surface area contributed by atoms with Crippen LogP contribution in [0.15, 0.2) is 48.5 Å². The highest BCUT2D eigenvalue weighted by molar-refractivity contribution is 6.30. The van der Waals surface area contributed by atoms with Gasteiger partial charge in [-0.1, -0.05) is 23.7 Å². The highest BCUT2D eigenvalue weighted by atomic mass is 35.5. The molecule has 0 unspecified atom stereocenters. The van der Waals surface area contributed by atoms with Crippen LogP contribution in [-0.2, 0) is 4.79 Å². The summed E-state index contributed by atoms with van der Waals surface area (Å²) in [5, 5.41) is 6.54. The fourth-order valence-corrected chi connectivity index (χ4v) is 2.26. The number of nitrogens with two attached hydrogens (primary N) is 1. The van der Waals surface area contributed by atoms with E-state index in [0.29, 0.717) is 16.3 Å². The van der Waals surface area contributed by atoms with Gasteiger partial charge in [-0.15, -0.1) is 0 Å². The summed E-state index contributed by atoms with van der Waals surface area (Å²) < 4.78 is 0. The van der Waals surface area contributed by atoms with Crippen LogP contribution >= 0.6 is 11.6 Å². The third kappa shape index (κ3) is 5.09. The molecule has 2 amide bonds. The summed E-state index contributed by atoms with van der Waals surface area (Å²) in [7, 11) is 0. The highest BCUT2D eigenvalue weighted by Gasteiger charge is 2.09. The Morgan fingerprint density at radius 3 is 2.48 bits per heavy atom. The maximum Gasteiger partial charge on any atom is 0.248 e. The van der Waals surface area contributed by atoms with Crippen LogP contribution in [0, 0.1) is 0 Å². The number of hydrogen-bond acceptors (Lipinski definition) is 3. The molecular weight excluding hydrogens is 314 g/mol. The van der Waals surface area contributed by atoms with Gasteiger partial charge < -0.3 is 16.4 Å². The minimum absolute atomic E-state index is 0.00307. The Hall–Kier alpha value is -2.37. The highest BCUT2D eigenvalue weighted by Crippen LogP contribution is 2.17. The smallest absolute Gasteiger partial charge is 0.248 e. The summed E-state index contributed by atoms with van der Waals surface area (Å²) in [6.45, 7) is 2.12. The van der Waals surface area contributed by atoms with Crippen LogP contribution in [0.5, 0.6) is 0 Å². The SMILES string of the molecule is C[C@H](NCC(=O)Nc1ccc(C(N)=O)cc1)c1cccc(Cl)c1. The summed E-state index contributed by atoms with van der Waals surface area (Å²) in [5.74, 6) is -0.675. The molecule has 0 heterocycles. The number of anilines is 1. The molecule has 2 rings (SSSR count). The number of hydrogen-bond donors (Lipinski definition) is 3. The molecular formula is C17H18ClN3O2. The molecule has 5 nitrogen and oxygen atoms in total. The third-order valence-electron chi connectivity index (χ3n) is 3.37. The fraction of sp³-hybridized carbons (Fsp3) is 0.176. The van der Waals surface area contributed by atoms with E-state index >= 15 is 0 Å². The molecule has 2 aromatic carbocycles. The van der Waals surface area contributed by atoms with Gasteiger partial charge >= 0.3 is 0 Å². The van der Waals surface area contributed by atoms with Crippen LogP contribution in [0.25, 0.3) is 0 Å². The number of benzene rings is 2. The van der Waals surface area contributed by atoms with E-state index in [1.165, 1.54) is 0 Å². The molecule has 2 aromatic rings. The lowest BCUT2D eigenvalue weighted by molar-refractivity contribution is -0.115. The predicted molar refractivity (Wildman–Crippen MR) is 91.5 cm³/mol. The quantitative estimate of drug-likeness (QED) is 0.761. The van der Waals surface area contributed by atoms with Crippen LogP contribution < -0.4 is 16.4 Å². The standard InChI is InChI=1S/C17H18ClN3O2/c1-11(13-3-2-4-14(18)9-13)20-10-16(22)21-15-7-5-12(6-8-15)17(19)23/h2-9,11,20H,10H2,1H3,(H2,19,23)(H,21,22)/t11-/m0/s1. The lowest BCUT2D eigenvalue weighted by Gasteiger charge is -2.14. The Morgan fingerprint density at radius 2 is 1.87 bits per heavy atom. The molecule has 0 saturated heterocycles. The molecule has 0 saturated carbocycles. The Morgan fingerprint density at radius 1 is 1.17 bits per heavy atom. The first-order chi connectivity index (χ1) is 11.0. The molecule has 0 spiro atoms. The van der Waals surface area contributed by atoms with Gasteiger partial charge in [0.2, 0.25) is 11.8 Å². The molecule has 0 aliphatic carbocycles. The van der Waals surface area contributed by atoms with Crippen molar-refractivity contribution in [3.05, 3.63) is 64.7 Å². The van der Waals surface area contributed by atoms with Gasteiger partial charge in [0.05, 0.1) is 6.54 Å². The average Bonchev–Trinajstić information content (AvgIpc) is 2.53. The van der Waals surface area contributed by atoms with Gasteiger partial charge in [-0.2, -0.15) is 0 Å². The van der Waals surface area contributed by atoms with E-state index in [1.54, 1.807) is 30.3 Å². The van der Waals surface area contributed by atoms with Crippen molar-refractivity contribution in [1.82, 2.24) is 5.32 Å². The van der Waals surface area contributed by atoms with E-state index in [4.69, 9.17) is 17.3 Å². The zero-order valence-electron chi connectivity index (χ0n) is 12.7. The van der Waals surface area contributed by atoms with Gasteiger partial charge in [-0.3, -0.25) is 9.59 Å². The molecule has 1 atom stereocenters. The second-order valence-corrected chi connectivity index (χ2v) is 5.58. The zero-order valence-corrected chi connectivity index (χ0v) is 13.4. The maximum absolute atomic E-state index is 11.9. The van der Waals surface area contributed by atoms with E-state index in [0.717, 1.165) is 5.56 Å². The molecule has 0 aliphatic rings. The number of carbonyl (C=O) groups is 2. The zero-order chi connectivity index (χ0) is 16.8. The second kappa shape index (κ2) is 7.76. The van der Waals surface area contributed by atoms with E-state index in [9.17, 15) is 9.59 Å². The van der Waals surface area contributed by atoms with Crippen LogP contribution in [0.3, 0.4) is 0 Å². The normalized spacial score (nSPS) is 11.7. The van der Waals surface area contributed by atoms with Crippen molar-refractivity contribution in [2.45, 2.75) is 13.0 Å². The minimum atomic E-state index is -0.500. The van der Waals surface area contributed by atoms with Gasteiger partial charge in [-0.05, 0) is 48.9 Å². The largest absolute Gasteiger partial charge is 0.366 e. The fourth-order valence-electron chi connectivity index (χ4n) is 2.06. The van der Waals surface area contributed by atoms with E-state index in [2.05, 4.69) is 10.6 Å². The first-order valence-electron chi connectivity index (χ1n) is 7.14. The summed E-state index contributed by atoms with van der Waals surface area (Å²) in [6.07, 6.45) is 0. The third-order valence-corrected chi connectivity index (χ3v) is 3.61. The molecule has 120 valence electrons. The van der Waals surface area contributed by atoms with E-state index in [1.807, 2.05) is 25.1 Å². The van der Waals surface area contributed by atoms with Crippen molar-refractivity contribution in [1.29, 1.82) is 0 Å². The minimum Gasteiger partial charge on any atom is -0.366 e. The predicted octanol–water partition coefficient (Wildman–Crippen LogP) is 2.73. The van der Waals surface area contributed by atoms with Crippen LogP contribution in [0.4, 0.5) is 5.69 Å². The van der Waals surface area contributed by atoms with E-state index < -0.39 is 5.91 Å². The summed E-state index contributed by atoms with van der Waals surface area (Å²) >= 11 is 5.95. The van der Waals surface area contributed by atoms with Gasteiger partial charge in [0.15, 0.2) is 0 Å². The first kappa shape index (κ1) is 17.0. The molecule has 6 heteroatoms. The number of carbonyl (C=O) groups excluding carboxylic acids is 2. The van der Waals surface area contributed by atoms with Gasteiger partial charge in [0, 0.05) is 22.3 Å². The Balaban J connectivity index is 1.86. The van der Waals surface area contributed by atoms with Crippen LogP contribution in [0.2, 0.25) is 5.02 Å². The molecule has 0 aliphatic heterocycles. The lowest BCUT2D eigenvalue weighted by Crippen LogP contribution is -2.30. The number of rotatable bonds is 6. The molecule has 4 N–H and O–H groups in total. The van der Waals surface area contributed by atoms with Crippen molar-refractivity contribution in [2.75, 3.05) is 11.9 Å². The van der Waals surface area contributed by atoms with Gasteiger partial charge in [-0.25, -0.2) is 0 Å². The van der Waals surface area contributed by atoms with Gasteiger partial charge in [0.1, 0.15) is 0 Å². The topological polar surface area (TPSA) is 84.2 Å². The first-order valence-corrected chi connectivity index (χ1v) is 7.52. The molecule has 0 bridgehead atoms. The average molecular weight is 332 g/mol. The van der Waals surface area contributed by atoms with Crippen molar-refractivity contribution in [2.24, 2.45) is 5.73 Å². The number of nitrogens with one attached hydrogen (secondary N) is 2. The molecule has 0 radical (unpaired) electrons. The Labute approximate surface area is 139 Å². The van der Waals surface area contributed by atoms with E-state index in [-0.39, 0.29) is 18.5 Å². The molecule has 23 heavy (non-hydrogen) atoms. The summed E-state index contributed by atoms with van der Waals surface area (Å²) in [6, 6.07) is 13.9. The summed E-state index contributed by atoms with van der Waals surface area (Å²) in [4.78, 5) is 22.9. The van der Waals surface area contributed by atoms with Gasteiger partial charge in [0.25, 0.3) is 0 Å². The summed E-state index contributed by atoms with van der Waals surface area (Å²) in [5.41, 5.74) is 7.18. The molecule has 0 fully saturated rings.